The summed E-state index contributed by atoms with van der Waals surface area (Å²) in [7, 11) is 1.59. The summed E-state index contributed by atoms with van der Waals surface area (Å²) in [6.07, 6.45) is 2.87. The highest BCUT2D eigenvalue weighted by atomic mass is 16.5. The first kappa shape index (κ1) is 14.9. The lowest BCUT2D eigenvalue weighted by atomic mass is 9.92. The minimum absolute atomic E-state index is 0.0998. The van der Waals surface area contributed by atoms with E-state index in [9.17, 15) is 4.79 Å². The number of amides is 1. The maximum Gasteiger partial charge on any atom is 0.274 e. The third kappa shape index (κ3) is 3.35. The Balaban J connectivity index is 2.29. The lowest BCUT2D eigenvalue weighted by Gasteiger charge is -2.30. The molecule has 0 radical (unpaired) electrons. The average Bonchev–Trinajstić information content (AvgIpc) is 2.48. The summed E-state index contributed by atoms with van der Waals surface area (Å²) in [5.41, 5.74) is 6.04. The van der Waals surface area contributed by atoms with E-state index in [1.807, 2.05) is 37.3 Å². The minimum Gasteiger partial charge on any atom is -0.382 e. The fourth-order valence-corrected chi connectivity index (χ4v) is 2.12. The van der Waals surface area contributed by atoms with Gasteiger partial charge in [-0.2, -0.15) is 0 Å². The van der Waals surface area contributed by atoms with Gasteiger partial charge in [-0.25, -0.2) is 9.97 Å². The molecule has 6 heteroatoms. The Labute approximate surface area is 123 Å². The fourth-order valence-electron chi connectivity index (χ4n) is 2.12. The van der Waals surface area contributed by atoms with Crippen molar-refractivity contribution in [3.63, 3.8) is 0 Å². The number of carbonyl (C=O) groups is 1. The molecule has 2 aromatic rings. The van der Waals surface area contributed by atoms with Crippen LogP contribution < -0.4 is 11.1 Å². The zero-order chi connectivity index (χ0) is 15.3. The largest absolute Gasteiger partial charge is 0.382 e. The number of hydrogen-bond donors (Lipinski definition) is 2. The number of ether oxygens (including phenoxy) is 1. The van der Waals surface area contributed by atoms with Crippen molar-refractivity contribution >= 4 is 11.7 Å². The number of aromatic nitrogens is 2. The lowest BCUT2D eigenvalue weighted by Crippen LogP contribution is -2.47. The summed E-state index contributed by atoms with van der Waals surface area (Å²) in [4.78, 5) is 20.2. The topological polar surface area (TPSA) is 90.1 Å². The highest BCUT2D eigenvalue weighted by Gasteiger charge is 2.30. The molecular formula is C15H18N4O2. The summed E-state index contributed by atoms with van der Waals surface area (Å²) < 4.78 is 5.25. The molecule has 1 amide bonds. The molecule has 0 aliphatic rings. The van der Waals surface area contributed by atoms with E-state index in [1.165, 1.54) is 12.4 Å². The molecule has 21 heavy (non-hydrogen) atoms. The zero-order valence-electron chi connectivity index (χ0n) is 12.0. The van der Waals surface area contributed by atoms with Crippen LogP contribution in [0.4, 0.5) is 5.82 Å². The van der Waals surface area contributed by atoms with Gasteiger partial charge in [-0.15, -0.1) is 0 Å². The van der Waals surface area contributed by atoms with Crippen molar-refractivity contribution in [2.75, 3.05) is 19.5 Å². The van der Waals surface area contributed by atoms with Gasteiger partial charge in [-0.05, 0) is 12.5 Å². The molecule has 0 bridgehead atoms. The molecule has 0 spiro atoms. The molecule has 1 aromatic carbocycles. The summed E-state index contributed by atoms with van der Waals surface area (Å²) in [6.45, 7) is 2.21. The van der Waals surface area contributed by atoms with Crippen molar-refractivity contribution in [1.29, 1.82) is 0 Å². The molecule has 0 aliphatic carbocycles. The van der Waals surface area contributed by atoms with E-state index in [0.29, 0.717) is 6.61 Å². The molecule has 0 saturated carbocycles. The zero-order valence-corrected chi connectivity index (χ0v) is 12.0. The third-order valence-electron chi connectivity index (χ3n) is 3.17. The van der Waals surface area contributed by atoms with Crippen molar-refractivity contribution < 1.29 is 9.53 Å². The quantitative estimate of drug-likeness (QED) is 0.866. The van der Waals surface area contributed by atoms with Crippen LogP contribution in [0.2, 0.25) is 0 Å². The number of carbonyl (C=O) groups excluding carboxylic acids is 1. The first-order valence-corrected chi connectivity index (χ1v) is 6.50. The molecule has 0 aliphatic heterocycles. The predicted octanol–water partition coefficient (Wildman–Crippen LogP) is 1.35. The number of methoxy groups -OCH3 is 1. The standard InChI is InChI=1S/C15H18N4O2/c1-15(10-21-2,11-6-4-3-5-7-11)19-14(20)12-13(16)18-9-8-17-12/h3-9H,10H2,1-2H3,(H2,16,18)(H,19,20). The van der Waals surface area contributed by atoms with Crippen molar-refractivity contribution in [2.24, 2.45) is 0 Å². The molecule has 1 heterocycles. The summed E-state index contributed by atoms with van der Waals surface area (Å²) in [5, 5.41) is 2.92. The third-order valence-corrected chi connectivity index (χ3v) is 3.17. The number of rotatable bonds is 5. The van der Waals surface area contributed by atoms with Crippen LogP contribution in [0.25, 0.3) is 0 Å². The van der Waals surface area contributed by atoms with Gasteiger partial charge in [0.15, 0.2) is 11.5 Å². The van der Waals surface area contributed by atoms with Gasteiger partial charge < -0.3 is 15.8 Å². The van der Waals surface area contributed by atoms with E-state index in [0.717, 1.165) is 5.56 Å². The maximum atomic E-state index is 12.4. The molecule has 3 N–H and O–H groups in total. The maximum absolute atomic E-state index is 12.4. The van der Waals surface area contributed by atoms with E-state index in [-0.39, 0.29) is 17.4 Å². The van der Waals surface area contributed by atoms with Gasteiger partial charge in [0.2, 0.25) is 0 Å². The number of benzene rings is 1. The second-order valence-corrected chi connectivity index (χ2v) is 4.88. The fraction of sp³-hybridized carbons (Fsp3) is 0.267. The first-order valence-electron chi connectivity index (χ1n) is 6.50. The van der Waals surface area contributed by atoms with Crippen LogP contribution in [-0.4, -0.2) is 29.6 Å². The first-order chi connectivity index (χ1) is 10.1. The molecule has 1 aromatic heterocycles. The van der Waals surface area contributed by atoms with Gasteiger partial charge in [0, 0.05) is 19.5 Å². The second kappa shape index (κ2) is 6.32. The van der Waals surface area contributed by atoms with Crippen molar-refractivity contribution in [2.45, 2.75) is 12.5 Å². The van der Waals surface area contributed by atoms with Gasteiger partial charge in [0.1, 0.15) is 0 Å². The van der Waals surface area contributed by atoms with Crippen molar-refractivity contribution in [1.82, 2.24) is 15.3 Å². The number of hydrogen-bond acceptors (Lipinski definition) is 5. The number of nitrogens with two attached hydrogens (primary N) is 1. The molecule has 0 fully saturated rings. The Hall–Kier alpha value is -2.47. The Kier molecular flexibility index (Phi) is 4.49. The Morgan fingerprint density at radius 1 is 1.29 bits per heavy atom. The Bertz CT molecular complexity index is 618. The number of nitrogens with one attached hydrogen (secondary N) is 1. The smallest absolute Gasteiger partial charge is 0.274 e. The van der Waals surface area contributed by atoms with Crippen LogP contribution in [0.3, 0.4) is 0 Å². The SMILES string of the molecule is COCC(C)(NC(=O)c1nccnc1N)c1ccccc1. The highest BCUT2D eigenvalue weighted by Crippen LogP contribution is 2.21. The Morgan fingerprint density at radius 2 is 1.95 bits per heavy atom. The van der Waals surface area contributed by atoms with Crippen molar-refractivity contribution in [3.8, 4) is 0 Å². The molecular weight excluding hydrogens is 268 g/mol. The summed E-state index contributed by atoms with van der Waals surface area (Å²) >= 11 is 0. The van der Waals surface area contributed by atoms with Crippen LogP contribution in [0.15, 0.2) is 42.7 Å². The van der Waals surface area contributed by atoms with E-state index >= 15 is 0 Å². The van der Waals surface area contributed by atoms with E-state index in [4.69, 9.17) is 10.5 Å². The van der Waals surface area contributed by atoms with E-state index in [2.05, 4.69) is 15.3 Å². The monoisotopic (exact) mass is 286 g/mol. The number of anilines is 1. The average molecular weight is 286 g/mol. The van der Waals surface area contributed by atoms with Gasteiger partial charge in [-0.3, -0.25) is 4.79 Å². The van der Waals surface area contributed by atoms with Crippen molar-refractivity contribution in [3.05, 3.63) is 54.0 Å². The normalized spacial score (nSPS) is 13.4. The van der Waals surface area contributed by atoms with Gasteiger partial charge in [-0.1, -0.05) is 30.3 Å². The lowest BCUT2D eigenvalue weighted by molar-refractivity contribution is 0.0782. The molecule has 1 atom stereocenters. The predicted molar refractivity (Wildman–Crippen MR) is 79.6 cm³/mol. The van der Waals surface area contributed by atoms with E-state index in [1.54, 1.807) is 7.11 Å². The van der Waals surface area contributed by atoms with Crippen LogP contribution in [0, 0.1) is 0 Å². The van der Waals surface area contributed by atoms with E-state index < -0.39 is 5.54 Å². The molecule has 0 saturated heterocycles. The summed E-state index contributed by atoms with van der Waals surface area (Å²) in [6, 6.07) is 9.59. The molecule has 110 valence electrons. The molecule has 1 unspecified atom stereocenters. The molecule has 6 nitrogen and oxygen atoms in total. The molecule has 2 rings (SSSR count). The van der Waals surface area contributed by atoms with Gasteiger partial charge in [0.25, 0.3) is 5.91 Å². The minimum atomic E-state index is -0.683. The highest BCUT2D eigenvalue weighted by molar-refractivity contribution is 5.96. The van der Waals surface area contributed by atoms with Gasteiger partial charge in [0.05, 0.1) is 12.1 Å². The van der Waals surface area contributed by atoms with Gasteiger partial charge >= 0.3 is 0 Å². The van der Waals surface area contributed by atoms with Crippen LogP contribution in [0.1, 0.15) is 23.0 Å². The van der Waals surface area contributed by atoms with Crippen LogP contribution in [0.5, 0.6) is 0 Å². The Morgan fingerprint density at radius 3 is 2.57 bits per heavy atom. The van der Waals surface area contributed by atoms with Crippen LogP contribution in [-0.2, 0) is 10.3 Å². The summed E-state index contributed by atoms with van der Waals surface area (Å²) in [5.74, 6) is -0.285. The number of nitrogen functional groups attached to an aromatic ring is 1. The number of nitrogens with zero attached hydrogens (tertiary/aromatic N) is 2. The second-order valence-electron chi connectivity index (χ2n) is 4.88. The van der Waals surface area contributed by atoms with Crippen LogP contribution >= 0.6 is 0 Å².